The molecule has 0 aliphatic heterocycles. The maximum Gasteiger partial charge on any atom is 0.131 e. The third-order valence-corrected chi connectivity index (χ3v) is 2.57. The van der Waals surface area contributed by atoms with Gasteiger partial charge in [-0.05, 0) is 12.1 Å². The molecule has 16 heavy (non-hydrogen) atoms. The summed E-state index contributed by atoms with van der Waals surface area (Å²) in [4.78, 5) is 4.28. The lowest BCUT2D eigenvalue weighted by Crippen LogP contribution is -2.00. The maximum absolute atomic E-state index is 5.98. The fourth-order valence-corrected chi connectivity index (χ4v) is 1.63. The van der Waals surface area contributed by atoms with Crippen molar-refractivity contribution in [2.75, 3.05) is 5.73 Å². The quantitative estimate of drug-likeness (QED) is 0.829. The van der Waals surface area contributed by atoms with Gasteiger partial charge in [0.2, 0.25) is 0 Å². The van der Waals surface area contributed by atoms with Crippen LogP contribution in [0.1, 0.15) is 0 Å². The Morgan fingerprint density at radius 3 is 2.69 bits per heavy atom. The summed E-state index contributed by atoms with van der Waals surface area (Å²) in [7, 11) is 0. The highest BCUT2D eigenvalue weighted by atomic mass is 35.5. The normalized spacial score (nSPS) is 10.3. The smallest absolute Gasteiger partial charge is 0.131 e. The fraction of sp³-hybridized carbons (Fsp3) is 0.0833. The standard InChI is InChI=1S/C12H12ClN3/c1-2-7-16-8-15-11(12(16)14)9-3-5-10(13)6-4-9/h2-6,8H,1,7,14H2. The van der Waals surface area contributed by atoms with Crippen molar-refractivity contribution < 1.29 is 0 Å². The van der Waals surface area contributed by atoms with E-state index in [9.17, 15) is 0 Å². The van der Waals surface area contributed by atoms with Gasteiger partial charge >= 0.3 is 0 Å². The van der Waals surface area contributed by atoms with Crippen LogP contribution in [0.3, 0.4) is 0 Å². The van der Waals surface area contributed by atoms with Crippen molar-refractivity contribution in [3.63, 3.8) is 0 Å². The minimum absolute atomic E-state index is 0.641. The number of anilines is 1. The molecule has 4 heteroatoms. The Morgan fingerprint density at radius 1 is 1.38 bits per heavy atom. The number of allylic oxidation sites excluding steroid dienone is 1. The average Bonchev–Trinajstić information content (AvgIpc) is 2.63. The lowest BCUT2D eigenvalue weighted by Gasteiger charge is -2.02. The first-order valence-corrected chi connectivity index (χ1v) is 5.27. The molecule has 2 rings (SSSR count). The Balaban J connectivity index is 2.40. The van der Waals surface area contributed by atoms with E-state index < -0.39 is 0 Å². The van der Waals surface area contributed by atoms with Crippen molar-refractivity contribution in [1.29, 1.82) is 0 Å². The number of nitrogens with zero attached hydrogens (tertiary/aromatic N) is 2. The molecule has 0 radical (unpaired) electrons. The van der Waals surface area contributed by atoms with Crippen molar-refractivity contribution in [1.82, 2.24) is 9.55 Å². The molecule has 0 aliphatic rings. The first-order chi connectivity index (χ1) is 7.72. The predicted octanol–water partition coefficient (Wildman–Crippen LogP) is 2.97. The zero-order valence-corrected chi connectivity index (χ0v) is 9.48. The number of imidazole rings is 1. The van der Waals surface area contributed by atoms with E-state index in [0.717, 1.165) is 11.3 Å². The van der Waals surface area contributed by atoms with Gasteiger partial charge in [0, 0.05) is 17.1 Å². The van der Waals surface area contributed by atoms with Gasteiger partial charge in [-0.1, -0.05) is 29.8 Å². The van der Waals surface area contributed by atoms with Crippen LogP contribution in [0.5, 0.6) is 0 Å². The van der Waals surface area contributed by atoms with Gasteiger partial charge in [0.05, 0.1) is 6.33 Å². The highest BCUT2D eigenvalue weighted by molar-refractivity contribution is 6.30. The van der Waals surface area contributed by atoms with E-state index in [2.05, 4.69) is 11.6 Å². The summed E-state index contributed by atoms with van der Waals surface area (Å²) in [6.45, 7) is 4.33. The summed E-state index contributed by atoms with van der Waals surface area (Å²) < 4.78 is 1.84. The van der Waals surface area contributed by atoms with E-state index in [-0.39, 0.29) is 0 Å². The number of rotatable bonds is 3. The zero-order valence-electron chi connectivity index (χ0n) is 8.73. The van der Waals surface area contributed by atoms with Crippen LogP contribution in [0, 0.1) is 0 Å². The van der Waals surface area contributed by atoms with Crippen LogP contribution >= 0.6 is 11.6 Å². The van der Waals surface area contributed by atoms with Crippen LogP contribution in [0.4, 0.5) is 5.82 Å². The molecule has 1 heterocycles. The summed E-state index contributed by atoms with van der Waals surface area (Å²) in [6.07, 6.45) is 3.49. The number of aromatic nitrogens is 2. The number of halogens is 1. The summed E-state index contributed by atoms with van der Waals surface area (Å²) in [6, 6.07) is 7.45. The van der Waals surface area contributed by atoms with Crippen LogP contribution in [-0.4, -0.2) is 9.55 Å². The fourth-order valence-electron chi connectivity index (χ4n) is 1.51. The third-order valence-electron chi connectivity index (χ3n) is 2.32. The minimum atomic E-state index is 0.641. The van der Waals surface area contributed by atoms with Gasteiger partial charge in [0.1, 0.15) is 11.5 Å². The Morgan fingerprint density at radius 2 is 2.06 bits per heavy atom. The molecule has 0 fully saturated rings. The second-order valence-corrected chi connectivity index (χ2v) is 3.86. The molecule has 0 atom stereocenters. The average molecular weight is 234 g/mol. The summed E-state index contributed by atoms with van der Waals surface area (Å²) in [5.41, 5.74) is 7.72. The minimum Gasteiger partial charge on any atom is -0.383 e. The van der Waals surface area contributed by atoms with Gasteiger partial charge in [0.15, 0.2) is 0 Å². The highest BCUT2D eigenvalue weighted by Crippen LogP contribution is 2.25. The molecule has 0 bridgehead atoms. The van der Waals surface area contributed by atoms with Gasteiger partial charge in [-0.2, -0.15) is 0 Å². The van der Waals surface area contributed by atoms with Crippen LogP contribution in [0.2, 0.25) is 5.02 Å². The topological polar surface area (TPSA) is 43.8 Å². The van der Waals surface area contributed by atoms with E-state index in [0.29, 0.717) is 17.4 Å². The lowest BCUT2D eigenvalue weighted by atomic mass is 10.1. The van der Waals surface area contributed by atoms with E-state index in [4.69, 9.17) is 17.3 Å². The van der Waals surface area contributed by atoms with Crippen LogP contribution in [-0.2, 0) is 6.54 Å². The Hall–Kier alpha value is -1.74. The molecule has 3 nitrogen and oxygen atoms in total. The molecule has 0 amide bonds. The monoisotopic (exact) mass is 233 g/mol. The van der Waals surface area contributed by atoms with E-state index in [1.807, 2.05) is 28.8 Å². The predicted molar refractivity (Wildman–Crippen MR) is 67.3 cm³/mol. The molecule has 2 aromatic rings. The van der Waals surface area contributed by atoms with E-state index in [1.54, 1.807) is 12.4 Å². The highest BCUT2D eigenvalue weighted by Gasteiger charge is 2.08. The Labute approximate surface area is 99.2 Å². The Kier molecular flexibility index (Phi) is 2.97. The number of hydrogen-bond donors (Lipinski definition) is 1. The molecule has 1 aromatic carbocycles. The van der Waals surface area contributed by atoms with E-state index in [1.165, 1.54) is 0 Å². The number of nitrogen functional groups attached to an aromatic ring is 1. The Bertz CT molecular complexity index is 499. The number of nitrogens with two attached hydrogens (primary N) is 1. The number of hydrogen-bond acceptors (Lipinski definition) is 2. The molecule has 0 saturated carbocycles. The molecule has 1 aromatic heterocycles. The van der Waals surface area contributed by atoms with Gasteiger partial charge < -0.3 is 10.3 Å². The first kappa shape index (κ1) is 10.8. The maximum atomic E-state index is 5.98. The second-order valence-electron chi connectivity index (χ2n) is 3.43. The molecule has 0 aliphatic carbocycles. The van der Waals surface area contributed by atoms with Crippen molar-refractivity contribution in [2.24, 2.45) is 0 Å². The third kappa shape index (κ3) is 1.95. The van der Waals surface area contributed by atoms with Crippen molar-refractivity contribution >= 4 is 17.4 Å². The molecule has 0 unspecified atom stereocenters. The second kappa shape index (κ2) is 4.41. The largest absolute Gasteiger partial charge is 0.383 e. The molecule has 0 saturated heterocycles. The van der Waals surface area contributed by atoms with Crippen LogP contribution < -0.4 is 5.73 Å². The summed E-state index contributed by atoms with van der Waals surface area (Å²) >= 11 is 5.82. The molecule has 82 valence electrons. The van der Waals surface area contributed by atoms with Gasteiger partial charge in [-0.3, -0.25) is 0 Å². The molecule has 2 N–H and O–H groups in total. The lowest BCUT2D eigenvalue weighted by molar-refractivity contribution is 0.833. The summed E-state index contributed by atoms with van der Waals surface area (Å²) in [5.74, 6) is 0.641. The van der Waals surface area contributed by atoms with E-state index >= 15 is 0 Å². The van der Waals surface area contributed by atoms with Crippen molar-refractivity contribution in [3.05, 3.63) is 48.3 Å². The van der Waals surface area contributed by atoms with Gasteiger partial charge in [-0.25, -0.2) is 4.98 Å². The van der Waals surface area contributed by atoms with Gasteiger partial charge in [-0.15, -0.1) is 6.58 Å². The SMILES string of the molecule is C=CCn1cnc(-c2ccc(Cl)cc2)c1N. The molecule has 0 spiro atoms. The molecular formula is C12H12ClN3. The first-order valence-electron chi connectivity index (χ1n) is 4.90. The van der Waals surface area contributed by atoms with Crippen LogP contribution in [0.25, 0.3) is 11.3 Å². The zero-order chi connectivity index (χ0) is 11.5. The summed E-state index contributed by atoms with van der Waals surface area (Å²) in [5, 5.41) is 0.702. The van der Waals surface area contributed by atoms with Gasteiger partial charge in [0.25, 0.3) is 0 Å². The molecular weight excluding hydrogens is 222 g/mol. The van der Waals surface area contributed by atoms with Crippen LogP contribution in [0.15, 0.2) is 43.2 Å². The van der Waals surface area contributed by atoms with Crippen molar-refractivity contribution in [3.8, 4) is 11.3 Å². The van der Waals surface area contributed by atoms with Crippen molar-refractivity contribution in [2.45, 2.75) is 6.54 Å². The number of benzene rings is 1.